The Hall–Kier alpha value is -2.32. The topological polar surface area (TPSA) is 50.6 Å². The van der Waals surface area contributed by atoms with Gasteiger partial charge in [-0.25, -0.2) is 0 Å². The summed E-state index contributed by atoms with van der Waals surface area (Å²) in [6, 6.07) is 8.62. The fraction of sp³-hybridized carbons (Fsp3) is 0.500. The van der Waals surface area contributed by atoms with Gasteiger partial charge in [0, 0.05) is 43.6 Å². The second-order valence-corrected chi connectivity index (χ2v) is 7.51. The molecule has 1 aromatic heterocycles. The number of nitrogens with zero attached hydrogens (tertiary/aromatic N) is 4. The number of halogens is 2. The number of morpholine rings is 1. The van der Waals surface area contributed by atoms with Crippen LogP contribution in [0.2, 0.25) is 0 Å². The van der Waals surface area contributed by atoms with Crippen LogP contribution in [0.15, 0.2) is 42.7 Å². The highest BCUT2D eigenvalue weighted by Gasteiger charge is 2.57. The number of amides is 1. The Kier molecular flexibility index (Phi) is 4.93. The number of aromatic nitrogens is 2. The zero-order chi connectivity index (χ0) is 19.8. The first-order chi connectivity index (χ1) is 13.4. The normalized spacial score (nSPS) is 22.0. The third kappa shape index (κ3) is 3.66. The minimum Gasteiger partial charge on any atom is -0.304 e. The summed E-state index contributed by atoms with van der Waals surface area (Å²) in [7, 11) is 0. The number of carbonyl (C=O) groups excluding carboxylic acids is 1. The number of anilines is 1. The summed E-state index contributed by atoms with van der Waals surface area (Å²) in [4.78, 5) is 15.6. The number of rotatable bonds is 4. The van der Waals surface area contributed by atoms with Gasteiger partial charge in [-0.3, -0.25) is 14.4 Å². The van der Waals surface area contributed by atoms with Crippen molar-refractivity contribution in [3.05, 3.63) is 48.3 Å². The van der Waals surface area contributed by atoms with E-state index in [4.69, 9.17) is 4.74 Å². The van der Waals surface area contributed by atoms with Crippen LogP contribution in [-0.4, -0.2) is 51.9 Å². The van der Waals surface area contributed by atoms with Gasteiger partial charge < -0.3 is 9.64 Å². The van der Waals surface area contributed by atoms with E-state index in [9.17, 15) is 13.6 Å². The first-order valence-corrected chi connectivity index (χ1v) is 9.59. The zero-order valence-electron chi connectivity index (χ0n) is 15.9. The van der Waals surface area contributed by atoms with E-state index in [-0.39, 0.29) is 6.54 Å². The lowest BCUT2D eigenvalue weighted by molar-refractivity contribution is -0.293. The molecule has 150 valence electrons. The summed E-state index contributed by atoms with van der Waals surface area (Å²) in [5.74, 6) is -1.29. The van der Waals surface area contributed by atoms with Crippen LogP contribution in [0.4, 0.5) is 14.5 Å². The van der Waals surface area contributed by atoms with Crippen molar-refractivity contribution in [3.8, 4) is 0 Å². The van der Waals surface area contributed by atoms with Crippen molar-refractivity contribution in [1.29, 1.82) is 0 Å². The molecule has 0 bridgehead atoms. The van der Waals surface area contributed by atoms with Crippen LogP contribution in [0.25, 0.3) is 0 Å². The maximum absolute atomic E-state index is 14.4. The van der Waals surface area contributed by atoms with Crippen LogP contribution >= 0.6 is 0 Å². The average molecular weight is 390 g/mol. The van der Waals surface area contributed by atoms with Gasteiger partial charge in [0.05, 0.1) is 18.3 Å². The maximum atomic E-state index is 14.4. The highest BCUT2D eigenvalue weighted by molar-refractivity contribution is 5.98. The lowest BCUT2D eigenvalue weighted by Crippen LogP contribution is -2.64. The first kappa shape index (κ1) is 19.0. The highest BCUT2D eigenvalue weighted by atomic mass is 19.3. The van der Waals surface area contributed by atoms with Crippen molar-refractivity contribution in [1.82, 2.24) is 14.7 Å². The highest BCUT2D eigenvalue weighted by Crippen LogP contribution is 2.40. The molecule has 3 heterocycles. The molecule has 6 nitrogen and oxygen atoms in total. The molecule has 0 atom stereocenters. The molecule has 4 rings (SSSR count). The standard InChI is InChI=1S/C20H24F2N4O2/c1-2-25-14-16(12-23-25)13-24-10-8-19(9-11-24)15-26(17-6-4-3-5-7-17)18(27)20(21,22)28-19/h3-7,12,14H,2,8-11,13,15H2,1H3. The van der Waals surface area contributed by atoms with Crippen LogP contribution in [-0.2, 0) is 22.6 Å². The van der Waals surface area contributed by atoms with Gasteiger partial charge in [0.2, 0.25) is 0 Å². The summed E-state index contributed by atoms with van der Waals surface area (Å²) in [5.41, 5.74) is 0.551. The summed E-state index contributed by atoms with van der Waals surface area (Å²) in [5, 5.41) is 4.28. The summed E-state index contributed by atoms with van der Waals surface area (Å²) in [6.07, 6.45) is 0.932. The van der Waals surface area contributed by atoms with E-state index in [1.54, 1.807) is 30.3 Å². The lowest BCUT2D eigenvalue weighted by atomic mass is 9.88. The number of benzene rings is 1. The Morgan fingerprint density at radius 2 is 1.89 bits per heavy atom. The molecule has 2 aliphatic heterocycles. The molecule has 0 radical (unpaired) electrons. The van der Waals surface area contributed by atoms with E-state index in [0.717, 1.165) is 18.7 Å². The largest absolute Gasteiger partial charge is 0.437 e. The van der Waals surface area contributed by atoms with Gasteiger partial charge in [-0.05, 0) is 31.9 Å². The molecule has 2 fully saturated rings. The van der Waals surface area contributed by atoms with E-state index >= 15 is 0 Å². The molecule has 1 amide bonds. The second kappa shape index (κ2) is 7.25. The van der Waals surface area contributed by atoms with Crippen molar-refractivity contribution in [2.24, 2.45) is 0 Å². The Labute approximate surface area is 162 Å². The van der Waals surface area contributed by atoms with E-state index < -0.39 is 17.6 Å². The van der Waals surface area contributed by atoms with Crippen molar-refractivity contribution in [2.75, 3.05) is 24.5 Å². The smallest absolute Gasteiger partial charge is 0.304 e. The maximum Gasteiger partial charge on any atom is 0.437 e. The molecule has 2 aliphatic rings. The van der Waals surface area contributed by atoms with Gasteiger partial charge >= 0.3 is 12.0 Å². The minimum absolute atomic E-state index is 0.146. The monoisotopic (exact) mass is 390 g/mol. The van der Waals surface area contributed by atoms with Gasteiger partial charge in [-0.2, -0.15) is 13.9 Å². The third-order valence-electron chi connectivity index (χ3n) is 5.54. The first-order valence-electron chi connectivity index (χ1n) is 9.59. The molecule has 0 unspecified atom stereocenters. The Balaban J connectivity index is 1.46. The molecule has 28 heavy (non-hydrogen) atoms. The molecular formula is C20H24F2N4O2. The van der Waals surface area contributed by atoms with Crippen LogP contribution in [0.1, 0.15) is 25.3 Å². The van der Waals surface area contributed by atoms with E-state index in [0.29, 0.717) is 31.6 Å². The zero-order valence-corrected chi connectivity index (χ0v) is 15.9. The van der Waals surface area contributed by atoms with E-state index in [1.165, 1.54) is 4.90 Å². The predicted octanol–water partition coefficient (Wildman–Crippen LogP) is 2.89. The number of likely N-dealkylation sites (tertiary alicyclic amines) is 1. The second-order valence-electron chi connectivity index (χ2n) is 7.51. The van der Waals surface area contributed by atoms with Gasteiger partial charge in [0.25, 0.3) is 0 Å². The molecule has 2 aromatic rings. The number of para-hydroxylation sites is 1. The molecule has 8 heteroatoms. The van der Waals surface area contributed by atoms with Gasteiger partial charge in [-0.1, -0.05) is 18.2 Å². The third-order valence-corrected chi connectivity index (χ3v) is 5.54. The summed E-state index contributed by atoms with van der Waals surface area (Å²) < 4.78 is 35.8. The van der Waals surface area contributed by atoms with Gasteiger partial charge in [-0.15, -0.1) is 0 Å². The Morgan fingerprint density at radius 1 is 1.18 bits per heavy atom. The van der Waals surface area contributed by atoms with Crippen LogP contribution in [0.3, 0.4) is 0 Å². The number of hydrogen-bond acceptors (Lipinski definition) is 4. The summed E-state index contributed by atoms with van der Waals surface area (Å²) >= 11 is 0. The quantitative estimate of drug-likeness (QED) is 0.806. The summed E-state index contributed by atoms with van der Waals surface area (Å²) in [6.45, 7) is 4.98. The number of piperidine rings is 1. The molecular weight excluding hydrogens is 366 g/mol. The molecule has 1 spiro atoms. The van der Waals surface area contributed by atoms with E-state index in [1.807, 2.05) is 24.0 Å². The SMILES string of the molecule is CCn1cc(CN2CCC3(CC2)CN(c2ccccc2)C(=O)C(F)(F)O3)cn1. The number of aryl methyl sites for hydroxylation is 1. The van der Waals surface area contributed by atoms with Crippen molar-refractivity contribution in [2.45, 2.75) is 44.6 Å². The Morgan fingerprint density at radius 3 is 2.54 bits per heavy atom. The fourth-order valence-electron chi connectivity index (χ4n) is 3.98. The van der Waals surface area contributed by atoms with Crippen LogP contribution < -0.4 is 4.90 Å². The molecule has 0 aliphatic carbocycles. The van der Waals surface area contributed by atoms with Crippen LogP contribution in [0, 0.1) is 0 Å². The minimum atomic E-state index is -3.81. The van der Waals surface area contributed by atoms with E-state index in [2.05, 4.69) is 10.00 Å². The molecule has 1 aromatic carbocycles. The van der Waals surface area contributed by atoms with Crippen molar-refractivity contribution >= 4 is 11.6 Å². The average Bonchev–Trinajstić information content (AvgIpc) is 3.15. The molecule has 2 saturated heterocycles. The predicted molar refractivity (Wildman–Crippen MR) is 100.0 cm³/mol. The number of hydrogen-bond donors (Lipinski definition) is 0. The molecule has 0 N–H and O–H groups in total. The van der Waals surface area contributed by atoms with Crippen molar-refractivity contribution in [3.63, 3.8) is 0 Å². The van der Waals surface area contributed by atoms with Crippen molar-refractivity contribution < 1.29 is 18.3 Å². The Bertz CT molecular complexity index is 832. The van der Waals surface area contributed by atoms with Gasteiger partial charge in [0.1, 0.15) is 0 Å². The number of carbonyl (C=O) groups is 1. The fourth-order valence-corrected chi connectivity index (χ4v) is 3.98. The van der Waals surface area contributed by atoms with Crippen LogP contribution in [0.5, 0.6) is 0 Å². The number of alkyl halides is 2. The lowest BCUT2D eigenvalue weighted by Gasteiger charge is -2.48. The number of ether oxygens (including phenoxy) is 1. The van der Waals surface area contributed by atoms with Gasteiger partial charge in [0.15, 0.2) is 0 Å². The molecule has 0 saturated carbocycles.